The first kappa shape index (κ1) is 8.39. The highest BCUT2D eigenvalue weighted by molar-refractivity contribution is 5.45. The molecule has 0 fully saturated rings. The second kappa shape index (κ2) is 5.53. The van der Waals surface area contributed by atoms with Crippen molar-refractivity contribution in [1.29, 1.82) is 0 Å². The van der Waals surface area contributed by atoms with Gasteiger partial charge in [0.1, 0.15) is 0 Å². The predicted octanol–water partition coefficient (Wildman–Crippen LogP) is -1.52. The molecule has 0 aliphatic heterocycles. The molecule has 0 heterocycles. The maximum Gasteiger partial charge on any atom is 0.207 e. The number of carbonyl (C=O) groups excluding carboxylic acids is 1. The minimum absolute atomic E-state index is 0.249. The molecular formula is C5H11NO3. The van der Waals surface area contributed by atoms with Gasteiger partial charge in [0.25, 0.3) is 0 Å². The first-order chi connectivity index (χ1) is 4.31. The summed E-state index contributed by atoms with van der Waals surface area (Å²) in [6, 6.07) is 0. The Morgan fingerprint density at radius 1 is 1.67 bits per heavy atom. The van der Waals surface area contributed by atoms with E-state index < -0.39 is 6.10 Å². The van der Waals surface area contributed by atoms with Crippen molar-refractivity contribution >= 4 is 6.41 Å². The lowest BCUT2D eigenvalue weighted by Gasteiger charge is -2.03. The summed E-state index contributed by atoms with van der Waals surface area (Å²) in [7, 11) is 0. The fourth-order valence-electron chi connectivity index (χ4n) is 0.400. The van der Waals surface area contributed by atoms with Crippen LogP contribution in [0, 0.1) is 0 Å². The predicted molar refractivity (Wildman–Crippen MR) is 31.8 cm³/mol. The van der Waals surface area contributed by atoms with E-state index in [1.165, 1.54) is 0 Å². The summed E-state index contributed by atoms with van der Waals surface area (Å²) in [6.45, 7) is 0.158. The normalized spacial score (nSPS) is 12.7. The molecule has 0 saturated carbocycles. The third kappa shape index (κ3) is 5.26. The van der Waals surface area contributed by atoms with Gasteiger partial charge in [-0.15, -0.1) is 0 Å². The average Bonchev–Trinajstić information content (AvgIpc) is 1.89. The van der Waals surface area contributed by atoms with Crippen LogP contribution in [0.15, 0.2) is 0 Å². The Bertz CT molecular complexity index is 76.6. The van der Waals surface area contributed by atoms with Gasteiger partial charge in [0, 0.05) is 6.54 Å². The Kier molecular flexibility index (Phi) is 5.15. The van der Waals surface area contributed by atoms with E-state index in [1.807, 2.05) is 0 Å². The molecule has 0 aliphatic rings. The molecule has 1 atom stereocenters. The first-order valence-corrected chi connectivity index (χ1v) is 2.77. The molecule has 0 aromatic heterocycles. The highest BCUT2D eigenvalue weighted by Gasteiger charge is 1.98. The van der Waals surface area contributed by atoms with Crippen molar-refractivity contribution in [3.63, 3.8) is 0 Å². The average molecular weight is 133 g/mol. The number of rotatable bonds is 5. The molecule has 0 bridgehead atoms. The molecule has 54 valence electrons. The molecule has 0 aromatic rings. The summed E-state index contributed by atoms with van der Waals surface area (Å²) in [5, 5.41) is 19.3. The Labute approximate surface area is 53.5 Å². The van der Waals surface area contributed by atoms with Crippen molar-refractivity contribution in [3.8, 4) is 0 Å². The summed E-state index contributed by atoms with van der Waals surface area (Å²) in [4.78, 5) is 9.62. The van der Waals surface area contributed by atoms with Gasteiger partial charge in [0.05, 0.1) is 12.7 Å². The van der Waals surface area contributed by atoms with Gasteiger partial charge in [-0.2, -0.15) is 0 Å². The molecule has 9 heavy (non-hydrogen) atoms. The maximum atomic E-state index is 9.62. The third-order valence-corrected chi connectivity index (χ3v) is 0.916. The van der Waals surface area contributed by atoms with Crippen molar-refractivity contribution in [3.05, 3.63) is 0 Å². The van der Waals surface area contributed by atoms with E-state index in [4.69, 9.17) is 10.2 Å². The van der Waals surface area contributed by atoms with Crippen LogP contribution in [-0.2, 0) is 4.79 Å². The zero-order chi connectivity index (χ0) is 7.11. The standard InChI is InChI=1S/C5H11NO3/c7-3-5(9)1-2-6-4-8/h4-5,7,9H,1-3H2,(H,6,8)/t5-/m0/s1. The summed E-state index contributed by atoms with van der Waals surface area (Å²) in [5.74, 6) is 0. The molecule has 0 unspecified atom stereocenters. The van der Waals surface area contributed by atoms with E-state index in [2.05, 4.69) is 5.32 Å². The van der Waals surface area contributed by atoms with Gasteiger partial charge in [-0.3, -0.25) is 4.79 Å². The molecule has 1 amide bonds. The molecule has 0 rings (SSSR count). The summed E-state index contributed by atoms with van der Waals surface area (Å²) >= 11 is 0. The molecule has 0 aromatic carbocycles. The number of carbonyl (C=O) groups is 1. The largest absolute Gasteiger partial charge is 0.394 e. The Balaban J connectivity index is 2.96. The lowest BCUT2D eigenvalue weighted by Crippen LogP contribution is -2.21. The molecule has 4 heteroatoms. The number of aliphatic hydroxyl groups excluding tert-OH is 2. The van der Waals surface area contributed by atoms with Gasteiger partial charge in [0.2, 0.25) is 6.41 Å². The zero-order valence-corrected chi connectivity index (χ0v) is 5.08. The van der Waals surface area contributed by atoms with Crippen molar-refractivity contribution < 1.29 is 15.0 Å². The molecule has 3 N–H and O–H groups in total. The Morgan fingerprint density at radius 3 is 2.78 bits per heavy atom. The molecule has 0 radical (unpaired) electrons. The van der Waals surface area contributed by atoms with Crippen LogP contribution in [-0.4, -0.2) is 35.9 Å². The molecular weight excluding hydrogens is 122 g/mol. The Hall–Kier alpha value is -0.610. The summed E-state index contributed by atoms with van der Waals surface area (Å²) in [6.07, 6.45) is 0.247. The van der Waals surface area contributed by atoms with Crippen LogP contribution in [0.4, 0.5) is 0 Å². The van der Waals surface area contributed by atoms with Crippen LogP contribution in [0.25, 0.3) is 0 Å². The highest BCUT2D eigenvalue weighted by Crippen LogP contribution is 1.85. The monoisotopic (exact) mass is 133 g/mol. The molecule has 0 spiro atoms. The van der Waals surface area contributed by atoms with Gasteiger partial charge in [0.15, 0.2) is 0 Å². The molecule has 4 nitrogen and oxygen atoms in total. The van der Waals surface area contributed by atoms with Crippen LogP contribution in [0.2, 0.25) is 0 Å². The summed E-state index contributed by atoms with van der Waals surface area (Å²) in [5.41, 5.74) is 0. The van der Waals surface area contributed by atoms with E-state index in [-0.39, 0.29) is 6.61 Å². The number of aliphatic hydroxyl groups is 2. The van der Waals surface area contributed by atoms with Crippen LogP contribution < -0.4 is 5.32 Å². The quantitative estimate of drug-likeness (QED) is 0.315. The van der Waals surface area contributed by atoms with E-state index in [9.17, 15) is 4.79 Å². The van der Waals surface area contributed by atoms with Crippen molar-refractivity contribution in [1.82, 2.24) is 5.32 Å². The summed E-state index contributed by atoms with van der Waals surface area (Å²) < 4.78 is 0. The fraction of sp³-hybridized carbons (Fsp3) is 0.800. The van der Waals surface area contributed by atoms with E-state index in [0.29, 0.717) is 19.4 Å². The zero-order valence-electron chi connectivity index (χ0n) is 5.08. The molecule has 0 aliphatic carbocycles. The third-order valence-electron chi connectivity index (χ3n) is 0.916. The second-order valence-corrected chi connectivity index (χ2v) is 1.70. The van der Waals surface area contributed by atoms with Gasteiger partial charge in [-0.05, 0) is 6.42 Å². The lowest BCUT2D eigenvalue weighted by atomic mass is 10.3. The van der Waals surface area contributed by atoms with E-state index >= 15 is 0 Å². The SMILES string of the molecule is O=CNCC[C@H](O)CO. The van der Waals surface area contributed by atoms with Crippen LogP contribution >= 0.6 is 0 Å². The minimum atomic E-state index is -0.711. The van der Waals surface area contributed by atoms with Crippen molar-refractivity contribution in [2.24, 2.45) is 0 Å². The molecule has 0 saturated heterocycles. The topological polar surface area (TPSA) is 69.6 Å². The smallest absolute Gasteiger partial charge is 0.207 e. The number of nitrogens with one attached hydrogen (secondary N) is 1. The fourth-order valence-corrected chi connectivity index (χ4v) is 0.400. The number of hydrogen-bond acceptors (Lipinski definition) is 3. The van der Waals surface area contributed by atoms with Gasteiger partial charge in [-0.1, -0.05) is 0 Å². The van der Waals surface area contributed by atoms with Gasteiger partial charge < -0.3 is 15.5 Å². The lowest BCUT2D eigenvalue weighted by molar-refractivity contribution is -0.109. The van der Waals surface area contributed by atoms with E-state index in [1.54, 1.807) is 0 Å². The van der Waals surface area contributed by atoms with Crippen LogP contribution in [0.3, 0.4) is 0 Å². The van der Waals surface area contributed by atoms with Gasteiger partial charge >= 0.3 is 0 Å². The second-order valence-electron chi connectivity index (χ2n) is 1.70. The van der Waals surface area contributed by atoms with Crippen LogP contribution in [0.5, 0.6) is 0 Å². The van der Waals surface area contributed by atoms with Crippen molar-refractivity contribution in [2.75, 3.05) is 13.2 Å². The first-order valence-electron chi connectivity index (χ1n) is 2.77. The van der Waals surface area contributed by atoms with Gasteiger partial charge in [-0.25, -0.2) is 0 Å². The minimum Gasteiger partial charge on any atom is -0.394 e. The van der Waals surface area contributed by atoms with Crippen molar-refractivity contribution in [2.45, 2.75) is 12.5 Å². The Morgan fingerprint density at radius 2 is 2.33 bits per heavy atom. The van der Waals surface area contributed by atoms with E-state index in [0.717, 1.165) is 0 Å². The highest BCUT2D eigenvalue weighted by atomic mass is 16.3. The van der Waals surface area contributed by atoms with Crippen LogP contribution in [0.1, 0.15) is 6.42 Å². The number of hydrogen-bond donors (Lipinski definition) is 3. The maximum absolute atomic E-state index is 9.62. The number of amides is 1.